The van der Waals surface area contributed by atoms with E-state index in [9.17, 15) is 34.8 Å². The molecule has 0 aromatic heterocycles. The van der Waals surface area contributed by atoms with Crippen LogP contribution in [0.3, 0.4) is 0 Å². The molecular weight excluding hydrogens is 496 g/mol. The molecule has 2 aliphatic carbocycles. The molecule has 0 aliphatic heterocycles. The van der Waals surface area contributed by atoms with Crippen LogP contribution >= 0.6 is 0 Å². The third kappa shape index (κ3) is 3.85. The van der Waals surface area contributed by atoms with Crippen molar-refractivity contribution in [3.8, 4) is 28.7 Å². The van der Waals surface area contributed by atoms with Gasteiger partial charge in [0.15, 0.2) is 11.6 Å². The zero-order valence-electron chi connectivity index (χ0n) is 20.5. The van der Waals surface area contributed by atoms with Crippen molar-refractivity contribution >= 4 is 17.3 Å². The first-order valence-electron chi connectivity index (χ1n) is 11.7. The molecule has 2 atom stereocenters. The van der Waals surface area contributed by atoms with Crippen molar-refractivity contribution in [1.82, 2.24) is 0 Å². The van der Waals surface area contributed by atoms with Gasteiger partial charge >= 0.3 is 0 Å². The molecule has 0 bridgehead atoms. The van der Waals surface area contributed by atoms with Crippen molar-refractivity contribution in [2.24, 2.45) is 0 Å². The summed E-state index contributed by atoms with van der Waals surface area (Å²) in [4.78, 5) is 39.1. The average molecular weight is 520 g/mol. The molecule has 10 heteroatoms. The highest BCUT2D eigenvalue weighted by Gasteiger charge is 2.47. The van der Waals surface area contributed by atoms with Crippen LogP contribution in [0.2, 0.25) is 0 Å². The smallest absolute Gasteiger partial charge is 0.230 e. The Bertz CT molecular complexity index is 1490. The molecule has 0 saturated carbocycles. The lowest BCUT2D eigenvalue weighted by atomic mass is 9.72. The summed E-state index contributed by atoms with van der Waals surface area (Å²) in [5.74, 6) is -2.46. The molecule has 10 nitrogen and oxygen atoms in total. The molecule has 0 amide bonds. The van der Waals surface area contributed by atoms with Gasteiger partial charge in [0.05, 0.1) is 29.9 Å². The molecule has 5 rings (SSSR count). The Morgan fingerprint density at radius 2 is 1.61 bits per heavy atom. The van der Waals surface area contributed by atoms with Gasteiger partial charge in [-0.05, 0) is 37.3 Å². The second-order valence-corrected chi connectivity index (χ2v) is 9.24. The molecular formula is C28H24O10. The van der Waals surface area contributed by atoms with Gasteiger partial charge in [0.2, 0.25) is 12.6 Å². The average Bonchev–Trinajstić information content (AvgIpc) is 2.89. The van der Waals surface area contributed by atoms with Crippen LogP contribution < -0.4 is 14.2 Å². The fraction of sp³-hybridized carbons (Fsp3) is 0.250. The third-order valence-electron chi connectivity index (χ3n) is 7.03. The van der Waals surface area contributed by atoms with Crippen molar-refractivity contribution in [3.63, 3.8) is 0 Å². The van der Waals surface area contributed by atoms with E-state index in [0.29, 0.717) is 11.5 Å². The number of carbonyl (C=O) groups is 3. The SMILES string of the molecule is COc1ccc(OCOc2cccc3c2C(=O)c2c(O)c4c(c(O)c2C3=O)CC(O)(C(C)=O)CC4O)cc1. The summed E-state index contributed by atoms with van der Waals surface area (Å²) in [5.41, 5.74) is -3.54. The van der Waals surface area contributed by atoms with Gasteiger partial charge in [-0.15, -0.1) is 0 Å². The first-order chi connectivity index (χ1) is 18.1. The van der Waals surface area contributed by atoms with Crippen molar-refractivity contribution in [2.45, 2.75) is 31.5 Å². The van der Waals surface area contributed by atoms with E-state index in [1.165, 1.54) is 25.3 Å². The van der Waals surface area contributed by atoms with Crippen LogP contribution in [0.15, 0.2) is 42.5 Å². The van der Waals surface area contributed by atoms with Crippen LogP contribution in [0, 0.1) is 0 Å². The van der Waals surface area contributed by atoms with Crippen LogP contribution in [0.25, 0.3) is 0 Å². The van der Waals surface area contributed by atoms with Gasteiger partial charge in [0.25, 0.3) is 0 Å². The van der Waals surface area contributed by atoms with Gasteiger partial charge in [-0.2, -0.15) is 0 Å². The molecule has 38 heavy (non-hydrogen) atoms. The van der Waals surface area contributed by atoms with Crippen LogP contribution in [0.5, 0.6) is 28.7 Å². The number of hydrogen-bond acceptors (Lipinski definition) is 10. The number of ether oxygens (including phenoxy) is 3. The van der Waals surface area contributed by atoms with Gasteiger partial charge in [-0.1, -0.05) is 12.1 Å². The Morgan fingerprint density at radius 3 is 2.26 bits per heavy atom. The fourth-order valence-corrected chi connectivity index (χ4v) is 5.00. The zero-order valence-corrected chi connectivity index (χ0v) is 20.5. The van der Waals surface area contributed by atoms with Crippen molar-refractivity contribution in [2.75, 3.05) is 13.9 Å². The quantitative estimate of drug-likeness (QED) is 0.220. The molecule has 4 N–H and O–H groups in total. The highest BCUT2D eigenvalue weighted by atomic mass is 16.7. The van der Waals surface area contributed by atoms with E-state index in [4.69, 9.17) is 14.2 Å². The number of carbonyl (C=O) groups excluding carboxylic acids is 3. The molecule has 0 spiro atoms. The van der Waals surface area contributed by atoms with Crippen LogP contribution in [0.1, 0.15) is 62.4 Å². The minimum Gasteiger partial charge on any atom is -0.507 e. The minimum atomic E-state index is -2.00. The van der Waals surface area contributed by atoms with Gasteiger partial charge < -0.3 is 34.6 Å². The Hall–Kier alpha value is -4.41. The first-order valence-corrected chi connectivity index (χ1v) is 11.7. The van der Waals surface area contributed by atoms with E-state index >= 15 is 0 Å². The molecule has 0 radical (unpaired) electrons. The number of aromatic hydroxyl groups is 2. The molecule has 0 fully saturated rings. The molecule has 0 heterocycles. The van der Waals surface area contributed by atoms with Gasteiger partial charge in [0, 0.05) is 29.5 Å². The fourth-order valence-electron chi connectivity index (χ4n) is 5.00. The van der Waals surface area contributed by atoms with Crippen LogP contribution in [-0.4, -0.2) is 57.3 Å². The predicted octanol–water partition coefficient (Wildman–Crippen LogP) is 2.60. The number of benzene rings is 3. The zero-order chi connectivity index (χ0) is 27.4. The van der Waals surface area contributed by atoms with Crippen molar-refractivity contribution < 1.29 is 49.0 Å². The predicted molar refractivity (Wildman–Crippen MR) is 131 cm³/mol. The van der Waals surface area contributed by atoms with E-state index in [-0.39, 0.29) is 34.8 Å². The van der Waals surface area contributed by atoms with Crippen LogP contribution in [0.4, 0.5) is 0 Å². The Kier molecular flexibility index (Phi) is 6.09. The lowest BCUT2D eigenvalue weighted by molar-refractivity contribution is -0.139. The highest BCUT2D eigenvalue weighted by Crippen LogP contribution is 2.51. The maximum absolute atomic E-state index is 13.6. The summed E-state index contributed by atoms with van der Waals surface area (Å²) in [6.07, 6.45) is -2.46. The lowest BCUT2D eigenvalue weighted by Crippen LogP contribution is -2.44. The van der Waals surface area contributed by atoms with E-state index < -0.39 is 64.5 Å². The van der Waals surface area contributed by atoms with E-state index in [0.717, 1.165) is 6.92 Å². The molecule has 196 valence electrons. The Labute approximate surface area is 216 Å². The maximum Gasteiger partial charge on any atom is 0.230 e. The summed E-state index contributed by atoms with van der Waals surface area (Å²) >= 11 is 0. The molecule has 2 unspecified atom stereocenters. The van der Waals surface area contributed by atoms with Gasteiger partial charge in [0.1, 0.15) is 34.3 Å². The number of methoxy groups -OCH3 is 1. The molecule has 2 aliphatic rings. The number of fused-ring (bicyclic) bond motifs is 3. The van der Waals surface area contributed by atoms with Crippen molar-refractivity contribution in [1.29, 1.82) is 0 Å². The maximum atomic E-state index is 13.6. The lowest BCUT2D eigenvalue weighted by Gasteiger charge is -2.36. The van der Waals surface area contributed by atoms with Gasteiger partial charge in [-0.25, -0.2) is 0 Å². The van der Waals surface area contributed by atoms with E-state index in [1.807, 2.05) is 0 Å². The summed E-state index contributed by atoms with van der Waals surface area (Å²) in [7, 11) is 1.54. The normalized spacial score (nSPS) is 19.7. The number of hydrogen-bond donors (Lipinski definition) is 4. The second-order valence-electron chi connectivity index (χ2n) is 9.24. The Balaban J connectivity index is 1.52. The number of ketones is 3. The number of rotatable bonds is 6. The number of aliphatic hydroxyl groups is 2. The van der Waals surface area contributed by atoms with Gasteiger partial charge in [-0.3, -0.25) is 14.4 Å². The summed E-state index contributed by atoms with van der Waals surface area (Å²) < 4.78 is 16.3. The summed E-state index contributed by atoms with van der Waals surface area (Å²) in [6, 6.07) is 11.0. The number of phenolic OH excluding ortho intramolecular Hbond substituents is 2. The summed E-state index contributed by atoms with van der Waals surface area (Å²) in [6.45, 7) is 0.832. The molecule has 3 aromatic rings. The monoisotopic (exact) mass is 520 g/mol. The van der Waals surface area contributed by atoms with E-state index in [1.54, 1.807) is 24.3 Å². The number of phenols is 2. The topological polar surface area (TPSA) is 160 Å². The first kappa shape index (κ1) is 25.2. The van der Waals surface area contributed by atoms with Crippen molar-refractivity contribution in [3.05, 3.63) is 75.8 Å². The standard InChI is InChI=1S/C28H24O10/c1-13(29)28(35)10-17-20(18(30)11-28)26(33)23-22(25(17)32)24(31)16-4-3-5-19(21(16)27(23)34)38-12-37-15-8-6-14(36-2)7-9-15/h3-9,18,30,32-33,35H,10-12H2,1-2H3. The highest BCUT2D eigenvalue weighted by molar-refractivity contribution is 6.31. The third-order valence-corrected chi connectivity index (χ3v) is 7.03. The largest absolute Gasteiger partial charge is 0.507 e. The number of aliphatic hydroxyl groups excluding tert-OH is 1. The second kappa shape index (κ2) is 9.16. The van der Waals surface area contributed by atoms with E-state index in [2.05, 4.69) is 0 Å². The Morgan fingerprint density at radius 1 is 0.947 bits per heavy atom. The van der Waals surface area contributed by atoms with Crippen LogP contribution in [-0.2, 0) is 11.2 Å². The molecule has 3 aromatic carbocycles. The summed E-state index contributed by atoms with van der Waals surface area (Å²) in [5, 5.41) is 43.5. The minimum absolute atomic E-state index is 0.0168. The number of Topliss-reactive ketones (excluding diaryl/α,β-unsaturated/α-hetero) is 1. The molecule has 0 saturated heterocycles.